The topological polar surface area (TPSA) is 35.8 Å². The van der Waals surface area contributed by atoms with E-state index in [1.54, 1.807) is 0 Å². The molecule has 2 unspecified atom stereocenters. The normalized spacial score (nSPS) is 28.8. The zero-order valence-corrected chi connectivity index (χ0v) is 9.45. The molecule has 1 aliphatic rings. The lowest BCUT2D eigenvalue weighted by Crippen LogP contribution is -2.36. The Labute approximate surface area is 85.1 Å². The molecule has 2 nitrogen and oxygen atoms in total. The number of nitriles is 1. The number of thioether (sulfide) groups is 1. The molecule has 1 rings (SSSR count). The SMILES string of the molecule is CC1CC(NCC(C)(C)C#N)CS1. The van der Waals surface area contributed by atoms with Gasteiger partial charge >= 0.3 is 0 Å². The molecule has 3 heteroatoms. The molecule has 2 atom stereocenters. The minimum absolute atomic E-state index is 0.226. The van der Waals surface area contributed by atoms with E-state index in [4.69, 9.17) is 5.26 Å². The Hall–Kier alpha value is -0.200. The molecule has 1 heterocycles. The Morgan fingerprint density at radius 1 is 1.62 bits per heavy atom. The van der Waals surface area contributed by atoms with Crippen molar-refractivity contribution < 1.29 is 0 Å². The van der Waals surface area contributed by atoms with Crippen molar-refractivity contribution in [2.45, 2.75) is 38.5 Å². The molecule has 0 spiro atoms. The van der Waals surface area contributed by atoms with Gasteiger partial charge in [0.05, 0.1) is 11.5 Å². The monoisotopic (exact) mass is 198 g/mol. The minimum atomic E-state index is -0.226. The molecule has 0 aromatic rings. The fourth-order valence-corrected chi connectivity index (χ4v) is 2.58. The van der Waals surface area contributed by atoms with Crippen LogP contribution >= 0.6 is 11.8 Å². The molecule has 1 N–H and O–H groups in total. The van der Waals surface area contributed by atoms with Crippen LogP contribution in [0.3, 0.4) is 0 Å². The Kier molecular flexibility index (Phi) is 3.63. The van der Waals surface area contributed by atoms with Crippen molar-refractivity contribution in [3.63, 3.8) is 0 Å². The van der Waals surface area contributed by atoms with E-state index in [1.807, 2.05) is 25.6 Å². The molecule has 0 bridgehead atoms. The summed E-state index contributed by atoms with van der Waals surface area (Å²) in [6.45, 7) is 7.03. The molecular weight excluding hydrogens is 180 g/mol. The number of hydrogen-bond donors (Lipinski definition) is 1. The average Bonchev–Trinajstić information content (AvgIpc) is 2.48. The fraction of sp³-hybridized carbons (Fsp3) is 0.900. The standard InChI is InChI=1S/C10H18N2S/c1-8-4-9(5-13-8)12-7-10(2,3)6-11/h8-9,12H,4-5,7H2,1-3H3. The van der Waals surface area contributed by atoms with Gasteiger partial charge in [0, 0.05) is 23.6 Å². The number of nitrogens with zero attached hydrogens (tertiary/aromatic N) is 1. The Morgan fingerprint density at radius 3 is 2.77 bits per heavy atom. The predicted octanol–water partition coefficient (Wildman–Crippen LogP) is 2.02. The third-order valence-electron chi connectivity index (χ3n) is 2.33. The van der Waals surface area contributed by atoms with E-state index >= 15 is 0 Å². The van der Waals surface area contributed by atoms with Gasteiger partial charge in [0.25, 0.3) is 0 Å². The second-order valence-corrected chi connectivity index (χ2v) is 5.92. The largest absolute Gasteiger partial charge is 0.312 e. The van der Waals surface area contributed by atoms with Gasteiger partial charge in [-0.05, 0) is 20.3 Å². The molecular formula is C10H18N2S. The molecule has 13 heavy (non-hydrogen) atoms. The van der Waals surface area contributed by atoms with Gasteiger partial charge in [-0.15, -0.1) is 0 Å². The van der Waals surface area contributed by atoms with E-state index in [-0.39, 0.29) is 5.41 Å². The Balaban J connectivity index is 2.24. The van der Waals surface area contributed by atoms with Crippen molar-refractivity contribution in [1.29, 1.82) is 5.26 Å². The van der Waals surface area contributed by atoms with E-state index in [0.29, 0.717) is 6.04 Å². The zero-order chi connectivity index (χ0) is 9.90. The maximum atomic E-state index is 8.82. The molecule has 0 amide bonds. The summed E-state index contributed by atoms with van der Waals surface area (Å²) < 4.78 is 0. The van der Waals surface area contributed by atoms with Gasteiger partial charge in [0.15, 0.2) is 0 Å². The van der Waals surface area contributed by atoms with E-state index in [1.165, 1.54) is 12.2 Å². The van der Waals surface area contributed by atoms with Gasteiger partial charge in [-0.25, -0.2) is 0 Å². The van der Waals surface area contributed by atoms with Crippen LogP contribution in [-0.2, 0) is 0 Å². The molecule has 1 saturated heterocycles. The second kappa shape index (κ2) is 4.34. The summed E-state index contributed by atoms with van der Waals surface area (Å²) in [5, 5.41) is 13.1. The first-order valence-electron chi connectivity index (χ1n) is 4.80. The summed E-state index contributed by atoms with van der Waals surface area (Å²) in [7, 11) is 0. The molecule has 74 valence electrons. The third kappa shape index (κ3) is 3.58. The van der Waals surface area contributed by atoms with Crippen LogP contribution in [0.1, 0.15) is 27.2 Å². The molecule has 0 saturated carbocycles. The summed E-state index contributed by atoms with van der Waals surface area (Å²) in [5.41, 5.74) is -0.226. The van der Waals surface area contributed by atoms with Crippen LogP contribution in [0.4, 0.5) is 0 Å². The van der Waals surface area contributed by atoms with Crippen molar-refractivity contribution in [1.82, 2.24) is 5.32 Å². The number of hydrogen-bond acceptors (Lipinski definition) is 3. The van der Waals surface area contributed by atoms with E-state index in [9.17, 15) is 0 Å². The van der Waals surface area contributed by atoms with Crippen molar-refractivity contribution in [3.05, 3.63) is 0 Å². The molecule has 1 aliphatic heterocycles. The summed E-state index contributed by atoms with van der Waals surface area (Å²) in [6, 6.07) is 2.93. The highest BCUT2D eigenvalue weighted by molar-refractivity contribution is 8.00. The summed E-state index contributed by atoms with van der Waals surface area (Å²) in [5.74, 6) is 1.20. The van der Waals surface area contributed by atoms with Crippen molar-refractivity contribution in [2.75, 3.05) is 12.3 Å². The van der Waals surface area contributed by atoms with Crippen molar-refractivity contribution in [2.24, 2.45) is 5.41 Å². The highest BCUT2D eigenvalue weighted by Crippen LogP contribution is 2.26. The lowest BCUT2D eigenvalue weighted by atomic mass is 9.95. The quantitative estimate of drug-likeness (QED) is 0.753. The Morgan fingerprint density at radius 2 is 2.31 bits per heavy atom. The smallest absolute Gasteiger partial charge is 0.0697 e. The molecule has 0 radical (unpaired) electrons. The zero-order valence-electron chi connectivity index (χ0n) is 8.63. The van der Waals surface area contributed by atoms with Crippen LogP contribution in [0.2, 0.25) is 0 Å². The lowest BCUT2D eigenvalue weighted by Gasteiger charge is -2.19. The first kappa shape index (κ1) is 10.9. The maximum absolute atomic E-state index is 8.82. The fourth-order valence-electron chi connectivity index (χ4n) is 1.40. The second-order valence-electron chi connectivity index (χ2n) is 4.45. The maximum Gasteiger partial charge on any atom is 0.0697 e. The third-order valence-corrected chi connectivity index (χ3v) is 3.69. The van der Waals surface area contributed by atoms with Gasteiger partial charge < -0.3 is 5.32 Å². The Bertz CT molecular complexity index is 207. The number of rotatable bonds is 3. The highest BCUT2D eigenvalue weighted by atomic mass is 32.2. The van der Waals surface area contributed by atoms with Crippen LogP contribution in [-0.4, -0.2) is 23.6 Å². The summed E-state index contributed by atoms with van der Waals surface area (Å²) in [6.07, 6.45) is 1.24. The summed E-state index contributed by atoms with van der Waals surface area (Å²) >= 11 is 2.02. The minimum Gasteiger partial charge on any atom is -0.312 e. The number of nitrogens with one attached hydrogen (secondary N) is 1. The van der Waals surface area contributed by atoms with Gasteiger partial charge in [0.1, 0.15) is 0 Å². The van der Waals surface area contributed by atoms with Crippen LogP contribution in [0.25, 0.3) is 0 Å². The van der Waals surface area contributed by atoms with Gasteiger partial charge in [-0.1, -0.05) is 6.92 Å². The van der Waals surface area contributed by atoms with Crippen LogP contribution < -0.4 is 5.32 Å². The molecule has 0 aliphatic carbocycles. The first-order chi connectivity index (χ1) is 6.03. The van der Waals surface area contributed by atoms with Crippen molar-refractivity contribution in [3.8, 4) is 6.07 Å². The van der Waals surface area contributed by atoms with Gasteiger partial charge in [-0.3, -0.25) is 0 Å². The predicted molar refractivity (Wildman–Crippen MR) is 57.7 cm³/mol. The van der Waals surface area contributed by atoms with Crippen LogP contribution in [0.5, 0.6) is 0 Å². The molecule has 0 aromatic carbocycles. The van der Waals surface area contributed by atoms with Crippen molar-refractivity contribution >= 4 is 11.8 Å². The average molecular weight is 198 g/mol. The first-order valence-corrected chi connectivity index (χ1v) is 5.84. The van der Waals surface area contributed by atoms with E-state index < -0.39 is 0 Å². The van der Waals surface area contributed by atoms with Crippen LogP contribution in [0.15, 0.2) is 0 Å². The molecule has 0 aromatic heterocycles. The van der Waals surface area contributed by atoms with E-state index in [0.717, 1.165) is 11.8 Å². The van der Waals surface area contributed by atoms with Gasteiger partial charge in [-0.2, -0.15) is 17.0 Å². The summed E-state index contributed by atoms with van der Waals surface area (Å²) in [4.78, 5) is 0. The van der Waals surface area contributed by atoms with Gasteiger partial charge in [0.2, 0.25) is 0 Å². The van der Waals surface area contributed by atoms with E-state index in [2.05, 4.69) is 18.3 Å². The highest BCUT2D eigenvalue weighted by Gasteiger charge is 2.24. The molecule has 1 fully saturated rings. The van der Waals surface area contributed by atoms with Crippen LogP contribution in [0, 0.1) is 16.7 Å². The lowest BCUT2D eigenvalue weighted by molar-refractivity contribution is 0.408.